The van der Waals surface area contributed by atoms with Crippen molar-refractivity contribution in [3.63, 3.8) is 0 Å². The molecule has 0 aliphatic rings. The third kappa shape index (κ3) is 3.16. The minimum atomic E-state index is -1.73. The Balaban J connectivity index is 4.18. The van der Waals surface area contributed by atoms with Gasteiger partial charge in [0.2, 0.25) is 4.69 Å². The van der Waals surface area contributed by atoms with Crippen LogP contribution < -0.4 is 0 Å². The summed E-state index contributed by atoms with van der Waals surface area (Å²) in [5, 5.41) is 35.7. The van der Waals surface area contributed by atoms with Gasteiger partial charge >= 0.3 is 0 Å². The summed E-state index contributed by atoms with van der Waals surface area (Å²) < 4.78 is -0.838. The quantitative estimate of drug-likeness (QED) is 0.444. The van der Waals surface area contributed by atoms with Gasteiger partial charge in [-0.3, -0.25) is 4.79 Å². The van der Waals surface area contributed by atoms with Gasteiger partial charge in [-0.05, 0) is 22.9 Å². The lowest BCUT2D eigenvalue weighted by Crippen LogP contribution is -2.45. The van der Waals surface area contributed by atoms with Gasteiger partial charge in [-0.2, -0.15) is 0 Å². The number of carbonyl (C=O) groups is 1. The number of carbonyl (C=O) groups excluding carboxylic acids is 1. The molecule has 4 atom stereocenters. The molecule has 72 valence electrons. The van der Waals surface area contributed by atoms with Gasteiger partial charge in [-0.1, -0.05) is 0 Å². The molecular weight excluding hydrogens is 232 g/mol. The number of hydrogen-bond acceptors (Lipinski definition) is 5. The van der Waals surface area contributed by atoms with Crippen molar-refractivity contribution >= 4 is 20.6 Å². The third-order valence-corrected chi connectivity index (χ3v) is 1.87. The highest BCUT2D eigenvalue weighted by Gasteiger charge is 2.31. The van der Waals surface area contributed by atoms with Gasteiger partial charge in [0, 0.05) is 0 Å². The summed E-state index contributed by atoms with van der Waals surface area (Å²) in [5.74, 6) is 0. The minimum absolute atomic E-state index is 0.838. The van der Waals surface area contributed by atoms with Crippen molar-refractivity contribution in [2.75, 3.05) is 0 Å². The Hall–Kier alpha value is -0.0100. The van der Waals surface area contributed by atoms with Gasteiger partial charge < -0.3 is 20.4 Å². The van der Waals surface area contributed by atoms with Crippen LogP contribution in [0.2, 0.25) is 0 Å². The van der Waals surface area contributed by atoms with E-state index in [1.165, 1.54) is 6.92 Å². The Bertz CT molecular complexity index is 160. The predicted molar refractivity (Wildman–Crippen MR) is 43.6 cm³/mol. The molecule has 0 bridgehead atoms. The Labute approximate surface area is 77.8 Å². The molecule has 0 amide bonds. The fourth-order valence-electron chi connectivity index (χ4n) is 0.606. The van der Waals surface area contributed by atoms with E-state index in [0.717, 1.165) is 0 Å². The maximum Gasteiger partial charge on any atom is 0.228 e. The average molecular weight is 243 g/mol. The first-order valence-electron chi connectivity index (χ1n) is 3.29. The summed E-state index contributed by atoms with van der Waals surface area (Å²) in [6.45, 7) is 1.24. The molecule has 0 aliphatic carbocycles. The van der Waals surface area contributed by atoms with Gasteiger partial charge in [0.05, 0.1) is 6.10 Å². The predicted octanol–water partition coefficient (Wildman–Crippen LogP) is -1.63. The summed E-state index contributed by atoms with van der Waals surface area (Å²) in [5.41, 5.74) is 0. The number of rotatable bonds is 4. The second kappa shape index (κ2) is 4.88. The van der Waals surface area contributed by atoms with Crippen molar-refractivity contribution in [1.29, 1.82) is 0 Å². The first-order chi connectivity index (χ1) is 5.37. The van der Waals surface area contributed by atoms with Gasteiger partial charge in [0.1, 0.15) is 12.2 Å². The molecule has 0 saturated heterocycles. The molecule has 0 saturated carbocycles. The molecule has 0 fully saturated rings. The monoisotopic (exact) mass is 242 g/mol. The molecule has 0 rings (SSSR count). The van der Waals surface area contributed by atoms with E-state index in [0.29, 0.717) is 0 Å². The van der Waals surface area contributed by atoms with Crippen LogP contribution in [0.5, 0.6) is 0 Å². The molecule has 0 spiro atoms. The molecule has 6 heteroatoms. The van der Waals surface area contributed by atoms with E-state index in [1.54, 1.807) is 0 Å². The van der Waals surface area contributed by atoms with E-state index in [4.69, 9.17) is 20.4 Å². The Morgan fingerprint density at radius 2 is 1.58 bits per heavy atom. The van der Waals surface area contributed by atoms with Crippen LogP contribution in [0, 0.1) is 0 Å². The van der Waals surface area contributed by atoms with Crippen molar-refractivity contribution in [3.8, 4) is 0 Å². The van der Waals surface area contributed by atoms with Crippen LogP contribution in [0.3, 0.4) is 0 Å². The summed E-state index contributed by atoms with van der Waals surface area (Å²) in [4.78, 5) is 10.4. The summed E-state index contributed by atoms with van der Waals surface area (Å²) in [7, 11) is 0. The van der Waals surface area contributed by atoms with Gasteiger partial charge in [0.15, 0.2) is 6.10 Å². The zero-order valence-electron chi connectivity index (χ0n) is 6.38. The van der Waals surface area contributed by atoms with E-state index in [1.807, 2.05) is 0 Å². The molecule has 0 aliphatic heterocycles. The minimum Gasteiger partial charge on any atom is -0.391 e. The highest BCUT2D eigenvalue weighted by Crippen LogP contribution is 2.07. The van der Waals surface area contributed by atoms with Crippen molar-refractivity contribution in [3.05, 3.63) is 0 Å². The van der Waals surface area contributed by atoms with Crippen LogP contribution in [0.15, 0.2) is 0 Å². The van der Waals surface area contributed by atoms with E-state index in [-0.39, 0.29) is 0 Å². The highest BCUT2D eigenvalue weighted by molar-refractivity contribution is 9.18. The molecule has 4 N–H and O–H groups in total. The molecular formula is C6H11BrO5. The van der Waals surface area contributed by atoms with Crippen molar-refractivity contribution in [1.82, 2.24) is 0 Å². The Morgan fingerprint density at radius 1 is 1.17 bits per heavy atom. The van der Waals surface area contributed by atoms with Crippen LogP contribution in [0.4, 0.5) is 0 Å². The first kappa shape index (κ1) is 12.0. The lowest BCUT2D eigenvalue weighted by atomic mass is 10.1. The van der Waals surface area contributed by atoms with Crippen LogP contribution in [0.25, 0.3) is 0 Å². The normalized spacial score (nSPS) is 21.2. The molecule has 4 unspecified atom stereocenters. The first-order valence-corrected chi connectivity index (χ1v) is 4.08. The smallest absolute Gasteiger partial charge is 0.228 e. The van der Waals surface area contributed by atoms with Crippen molar-refractivity contribution < 1.29 is 25.2 Å². The topological polar surface area (TPSA) is 98.0 Å². The van der Waals surface area contributed by atoms with Crippen LogP contribution in [0.1, 0.15) is 6.92 Å². The molecule has 0 aromatic heterocycles. The summed E-state index contributed by atoms with van der Waals surface area (Å²) in [6.07, 6.45) is -6.16. The van der Waals surface area contributed by atoms with Crippen LogP contribution >= 0.6 is 15.9 Å². The van der Waals surface area contributed by atoms with E-state index >= 15 is 0 Å². The lowest BCUT2D eigenvalue weighted by Gasteiger charge is -2.22. The van der Waals surface area contributed by atoms with Gasteiger partial charge in [-0.15, -0.1) is 0 Å². The molecule has 5 nitrogen and oxygen atoms in total. The molecule has 0 heterocycles. The third-order valence-electron chi connectivity index (χ3n) is 1.40. The van der Waals surface area contributed by atoms with Crippen LogP contribution in [-0.4, -0.2) is 49.5 Å². The fourth-order valence-corrected chi connectivity index (χ4v) is 0.877. The average Bonchev–Trinajstić information content (AvgIpc) is 2.00. The molecule has 0 radical (unpaired) electrons. The number of aliphatic hydroxyl groups excluding tert-OH is 4. The second-order valence-corrected chi connectivity index (χ2v) is 3.25. The Kier molecular flexibility index (Phi) is 4.88. The van der Waals surface area contributed by atoms with Crippen molar-refractivity contribution in [2.45, 2.75) is 31.3 Å². The second-order valence-electron chi connectivity index (χ2n) is 2.47. The zero-order chi connectivity index (χ0) is 9.89. The number of aliphatic hydroxyl groups is 4. The number of halogens is 1. The maximum atomic E-state index is 10.4. The van der Waals surface area contributed by atoms with E-state index < -0.39 is 29.1 Å². The number of hydrogen-bond donors (Lipinski definition) is 4. The molecule has 0 aromatic carbocycles. The molecule has 0 aromatic rings. The standard InChI is InChI=1S/C6H11BrO5/c1-2(8)3(9)4(10)5(11)6(7)12/h2-5,8-11H,1H3. The maximum absolute atomic E-state index is 10.4. The summed E-state index contributed by atoms with van der Waals surface area (Å²) >= 11 is 2.42. The van der Waals surface area contributed by atoms with Crippen molar-refractivity contribution in [2.24, 2.45) is 0 Å². The van der Waals surface area contributed by atoms with Crippen LogP contribution in [-0.2, 0) is 4.79 Å². The molecule has 12 heavy (non-hydrogen) atoms. The van der Waals surface area contributed by atoms with Gasteiger partial charge in [-0.25, -0.2) is 0 Å². The SMILES string of the molecule is CC(O)C(O)C(O)C(O)C(=O)Br. The summed E-state index contributed by atoms with van der Waals surface area (Å²) in [6, 6.07) is 0. The lowest BCUT2D eigenvalue weighted by molar-refractivity contribution is -0.134. The highest BCUT2D eigenvalue weighted by atomic mass is 79.9. The Morgan fingerprint density at radius 3 is 1.83 bits per heavy atom. The van der Waals surface area contributed by atoms with Gasteiger partial charge in [0.25, 0.3) is 0 Å². The van der Waals surface area contributed by atoms with E-state index in [2.05, 4.69) is 15.9 Å². The van der Waals surface area contributed by atoms with E-state index in [9.17, 15) is 4.79 Å². The largest absolute Gasteiger partial charge is 0.391 e. The zero-order valence-corrected chi connectivity index (χ0v) is 7.97. The fraction of sp³-hybridized carbons (Fsp3) is 0.833.